The Labute approximate surface area is 211 Å². The summed E-state index contributed by atoms with van der Waals surface area (Å²) in [4.78, 5) is 10.3. The van der Waals surface area contributed by atoms with Gasteiger partial charge in [-0.05, 0) is 55.1 Å². The summed E-state index contributed by atoms with van der Waals surface area (Å²) in [6.45, 7) is 10.3. The molecule has 0 saturated carbocycles. The molecular formula is C30H41NO4. The second-order valence-electron chi connectivity index (χ2n) is 8.26. The Morgan fingerprint density at radius 1 is 0.743 bits per heavy atom. The molecule has 5 nitrogen and oxygen atoms in total. The fourth-order valence-corrected chi connectivity index (χ4v) is 3.39. The van der Waals surface area contributed by atoms with Crippen molar-refractivity contribution < 1.29 is 19.5 Å². The summed E-state index contributed by atoms with van der Waals surface area (Å²) in [6.07, 6.45) is 11.4. The number of ether oxygens (including phenoxy) is 2. The zero-order valence-corrected chi connectivity index (χ0v) is 20.8. The molecule has 0 amide bonds. The van der Waals surface area contributed by atoms with Gasteiger partial charge in [0.15, 0.2) is 0 Å². The van der Waals surface area contributed by atoms with Gasteiger partial charge in [-0.15, -0.1) is 18.3 Å². The number of aldehydes is 1. The van der Waals surface area contributed by atoms with E-state index in [1.807, 2.05) is 48.6 Å². The lowest BCUT2D eigenvalue weighted by Crippen LogP contribution is -2.03. The van der Waals surface area contributed by atoms with Gasteiger partial charge in [0.25, 0.3) is 0 Å². The van der Waals surface area contributed by atoms with Gasteiger partial charge >= 0.3 is 0 Å². The van der Waals surface area contributed by atoms with Gasteiger partial charge in [0.1, 0.15) is 6.29 Å². The number of allylic oxidation sites excluding steroid dienone is 2. The van der Waals surface area contributed by atoms with Crippen LogP contribution in [0.15, 0.2) is 91.1 Å². The molecule has 0 radical (unpaired) electrons. The predicted molar refractivity (Wildman–Crippen MR) is 144 cm³/mol. The number of carbonyl (C=O) groups is 1. The van der Waals surface area contributed by atoms with E-state index in [0.29, 0.717) is 38.1 Å². The Balaban J connectivity index is 0.000000351. The Kier molecular flexibility index (Phi) is 18.4. The lowest BCUT2D eigenvalue weighted by molar-refractivity contribution is -0.108. The Morgan fingerprint density at radius 2 is 1.20 bits per heavy atom. The molecule has 0 fully saturated rings. The minimum atomic E-state index is 0.385. The number of benzene rings is 2. The van der Waals surface area contributed by atoms with Crippen LogP contribution >= 0.6 is 0 Å². The molecule has 0 aromatic heterocycles. The Hall–Kier alpha value is -3.02. The summed E-state index contributed by atoms with van der Waals surface area (Å²) >= 11 is 0. The van der Waals surface area contributed by atoms with Gasteiger partial charge in [0, 0.05) is 25.8 Å². The van der Waals surface area contributed by atoms with Crippen molar-refractivity contribution in [2.45, 2.75) is 51.7 Å². The number of hydrogen-bond donors (Lipinski definition) is 1. The topological polar surface area (TPSA) is 68.1 Å². The summed E-state index contributed by atoms with van der Waals surface area (Å²) in [5, 5.41) is 11.3. The number of oxime groups is 1. The van der Waals surface area contributed by atoms with Gasteiger partial charge < -0.3 is 19.5 Å². The van der Waals surface area contributed by atoms with Crippen molar-refractivity contribution in [2.24, 2.45) is 17.0 Å². The van der Waals surface area contributed by atoms with Crippen LogP contribution in [0.25, 0.3) is 0 Å². The molecule has 2 rings (SSSR count). The van der Waals surface area contributed by atoms with Crippen LogP contribution in [0.2, 0.25) is 0 Å². The molecule has 35 heavy (non-hydrogen) atoms. The van der Waals surface area contributed by atoms with Gasteiger partial charge in [0.2, 0.25) is 0 Å². The van der Waals surface area contributed by atoms with Crippen LogP contribution in [0, 0.1) is 11.8 Å². The standard InChI is InChI=1S/C15H21NO2.C15H20O2/c1-2-14(9-6-11-16-17)10-12-18-13-15-7-4-3-5-8-15;1-2-14(9-6-11-16)10-12-17-13-15-7-4-3-5-8-15/h2-5,7-8,11,14,17H,1,6,9-10,12-13H2;2-5,7-8,11,14H,1,6,9-10,12-13H2/b16-11+;. The molecule has 5 heteroatoms. The zero-order valence-electron chi connectivity index (χ0n) is 20.8. The maximum Gasteiger partial charge on any atom is 0.120 e. The van der Waals surface area contributed by atoms with Gasteiger partial charge in [-0.3, -0.25) is 0 Å². The predicted octanol–water partition coefficient (Wildman–Crippen LogP) is 7.01. The molecular weight excluding hydrogens is 438 g/mol. The third-order valence-electron chi connectivity index (χ3n) is 5.56. The van der Waals surface area contributed by atoms with Gasteiger partial charge in [-0.25, -0.2) is 0 Å². The van der Waals surface area contributed by atoms with Crippen molar-refractivity contribution in [1.29, 1.82) is 0 Å². The summed E-state index contributed by atoms with van der Waals surface area (Å²) in [5.41, 5.74) is 2.38. The second kappa shape index (κ2) is 21.5. The molecule has 0 heterocycles. The monoisotopic (exact) mass is 479 g/mol. The largest absolute Gasteiger partial charge is 0.411 e. The van der Waals surface area contributed by atoms with E-state index in [4.69, 9.17) is 14.7 Å². The minimum absolute atomic E-state index is 0.385. The van der Waals surface area contributed by atoms with E-state index in [1.165, 1.54) is 17.3 Å². The van der Waals surface area contributed by atoms with Gasteiger partial charge in [-0.2, -0.15) is 0 Å². The third kappa shape index (κ3) is 16.3. The second-order valence-corrected chi connectivity index (χ2v) is 8.26. The highest BCUT2D eigenvalue weighted by molar-refractivity contribution is 5.56. The maximum absolute atomic E-state index is 10.3. The van der Waals surface area contributed by atoms with Crippen LogP contribution in [-0.4, -0.2) is 30.9 Å². The van der Waals surface area contributed by atoms with Crippen molar-refractivity contribution in [1.82, 2.24) is 0 Å². The van der Waals surface area contributed by atoms with Crippen LogP contribution < -0.4 is 0 Å². The average Bonchev–Trinajstić information content (AvgIpc) is 2.91. The van der Waals surface area contributed by atoms with Gasteiger partial charge in [-0.1, -0.05) is 72.8 Å². The molecule has 2 unspecified atom stereocenters. The first-order valence-electron chi connectivity index (χ1n) is 12.3. The van der Waals surface area contributed by atoms with Crippen LogP contribution in [0.5, 0.6) is 0 Å². The average molecular weight is 480 g/mol. The molecule has 2 atom stereocenters. The van der Waals surface area contributed by atoms with E-state index < -0.39 is 0 Å². The lowest BCUT2D eigenvalue weighted by atomic mass is 10.0. The molecule has 0 bridgehead atoms. The Bertz CT molecular complexity index is 808. The molecule has 0 aliphatic rings. The molecule has 190 valence electrons. The normalized spacial score (nSPS) is 12.3. The SMILES string of the molecule is C=CC(CC/C=N/O)CCOCc1ccccc1.C=CC(CCC=O)CCOCc1ccccc1. The van der Waals surface area contributed by atoms with E-state index in [9.17, 15) is 4.79 Å². The number of nitrogens with zero attached hydrogens (tertiary/aromatic N) is 1. The molecule has 1 N–H and O–H groups in total. The van der Waals surface area contributed by atoms with Crippen molar-refractivity contribution in [3.8, 4) is 0 Å². The smallest absolute Gasteiger partial charge is 0.120 e. The summed E-state index contributed by atoms with van der Waals surface area (Å²) < 4.78 is 11.2. The minimum Gasteiger partial charge on any atom is -0.411 e. The van der Waals surface area contributed by atoms with Crippen molar-refractivity contribution >= 4 is 12.5 Å². The highest BCUT2D eigenvalue weighted by atomic mass is 16.5. The summed E-state index contributed by atoms with van der Waals surface area (Å²) in [7, 11) is 0. The van der Waals surface area contributed by atoms with Crippen LogP contribution in [0.4, 0.5) is 0 Å². The first-order chi connectivity index (χ1) is 17.2. The molecule has 0 aliphatic carbocycles. The fraction of sp³-hybridized carbons (Fsp3) is 0.400. The Morgan fingerprint density at radius 3 is 1.60 bits per heavy atom. The third-order valence-corrected chi connectivity index (χ3v) is 5.56. The quantitative estimate of drug-likeness (QED) is 0.0623. The van der Waals surface area contributed by atoms with E-state index in [1.54, 1.807) is 0 Å². The van der Waals surface area contributed by atoms with Crippen LogP contribution in [0.1, 0.15) is 49.7 Å². The van der Waals surface area contributed by atoms with E-state index >= 15 is 0 Å². The van der Waals surface area contributed by atoms with Crippen molar-refractivity contribution in [2.75, 3.05) is 13.2 Å². The van der Waals surface area contributed by atoms with Crippen LogP contribution in [0.3, 0.4) is 0 Å². The zero-order chi connectivity index (χ0) is 25.4. The van der Waals surface area contributed by atoms with E-state index in [0.717, 1.165) is 45.0 Å². The van der Waals surface area contributed by atoms with Crippen LogP contribution in [-0.2, 0) is 27.5 Å². The first kappa shape index (κ1) is 30.0. The maximum atomic E-state index is 10.3. The number of hydrogen-bond acceptors (Lipinski definition) is 5. The molecule has 0 saturated heterocycles. The lowest BCUT2D eigenvalue weighted by Gasteiger charge is -2.11. The van der Waals surface area contributed by atoms with Crippen molar-refractivity contribution in [3.05, 3.63) is 97.1 Å². The molecule has 2 aromatic carbocycles. The van der Waals surface area contributed by atoms with E-state index in [2.05, 4.69) is 42.6 Å². The van der Waals surface area contributed by atoms with Gasteiger partial charge in [0.05, 0.1) is 13.2 Å². The first-order valence-corrected chi connectivity index (χ1v) is 12.3. The van der Waals surface area contributed by atoms with E-state index in [-0.39, 0.29) is 0 Å². The highest BCUT2D eigenvalue weighted by Gasteiger charge is 2.04. The summed E-state index contributed by atoms with van der Waals surface area (Å²) in [5.74, 6) is 0.801. The number of carbonyl (C=O) groups excluding carboxylic acids is 1. The van der Waals surface area contributed by atoms with Crippen molar-refractivity contribution in [3.63, 3.8) is 0 Å². The summed E-state index contributed by atoms with van der Waals surface area (Å²) in [6, 6.07) is 20.3. The highest BCUT2D eigenvalue weighted by Crippen LogP contribution is 2.13. The number of rotatable bonds is 18. The molecule has 0 spiro atoms. The fourth-order valence-electron chi connectivity index (χ4n) is 3.39. The molecule has 0 aliphatic heterocycles. The molecule has 2 aromatic rings.